The van der Waals surface area contributed by atoms with Crippen LogP contribution in [-0.4, -0.2) is 26.1 Å². The van der Waals surface area contributed by atoms with Crippen LogP contribution in [0.5, 0.6) is 0 Å². The van der Waals surface area contributed by atoms with Gasteiger partial charge in [0.05, 0.1) is 13.2 Å². The summed E-state index contributed by atoms with van der Waals surface area (Å²) in [6.45, 7) is 3.73. The molecule has 0 aromatic heterocycles. The summed E-state index contributed by atoms with van der Waals surface area (Å²) in [6.07, 6.45) is 13.0. The van der Waals surface area contributed by atoms with E-state index in [4.69, 9.17) is 9.47 Å². The third-order valence-corrected chi connectivity index (χ3v) is 3.93. The molecule has 0 heterocycles. The Balaban J connectivity index is 2.28. The molecular weight excluding hydrogens is 264 g/mol. The number of fused-ring (bicyclic) bond motifs is 6. The highest BCUT2D eigenvalue weighted by atomic mass is 16.5. The van der Waals surface area contributed by atoms with Gasteiger partial charge in [0.15, 0.2) is 5.78 Å². The van der Waals surface area contributed by atoms with Crippen LogP contribution in [0.25, 0.3) is 0 Å². The monoisotopic (exact) mass is 286 g/mol. The van der Waals surface area contributed by atoms with Crippen LogP contribution in [-0.2, 0) is 14.3 Å². The Labute approximate surface area is 126 Å². The van der Waals surface area contributed by atoms with E-state index in [9.17, 15) is 4.79 Å². The van der Waals surface area contributed by atoms with E-state index in [0.29, 0.717) is 11.3 Å². The number of ether oxygens (including phenoxy) is 2. The zero-order valence-corrected chi connectivity index (χ0v) is 12.7. The van der Waals surface area contributed by atoms with Gasteiger partial charge in [-0.05, 0) is 49.5 Å². The largest absolute Gasteiger partial charge is 0.497 e. The lowest BCUT2D eigenvalue weighted by Crippen LogP contribution is -2.20. The number of ketones is 1. The molecule has 0 N–H and O–H groups in total. The van der Waals surface area contributed by atoms with Gasteiger partial charge < -0.3 is 9.47 Å². The van der Waals surface area contributed by atoms with Crippen LogP contribution in [0.2, 0.25) is 0 Å². The normalized spacial score (nSPS) is 30.1. The van der Waals surface area contributed by atoms with Crippen LogP contribution in [0, 0.1) is 0 Å². The first-order valence-corrected chi connectivity index (χ1v) is 7.20. The van der Waals surface area contributed by atoms with E-state index in [2.05, 4.69) is 12.7 Å². The van der Waals surface area contributed by atoms with Gasteiger partial charge in [0, 0.05) is 12.7 Å². The number of carbonyl (C=O) groups excluding carboxylic acids is 1. The van der Waals surface area contributed by atoms with E-state index >= 15 is 0 Å². The highest BCUT2D eigenvalue weighted by Gasteiger charge is 2.22. The molecule has 0 aliphatic heterocycles. The SMILES string of the molecule is C=C(/C=C\C1=C\C/C=C2\CC/C(=C\C1=O)CC2OC)OC. The molecular formula is C18H22O3. The van der Waals surface area contributed by atoms with Crippen LogP contribution in [0.1, 0.15) is 25.7 Å². The van der Waals surface area contributed by atoms with Gasteiger partial charge >= 0.3 is 0 Å². The number of allylic oxidation sites excluding steroid dienone is 6. The van der Waals surface area contributed by atoms with E-state index in [-0.39, 0.29) is 11.9 Å². The van der Waals surface area contributed by atoms with Crippen LogP contribution < -0.4 is 0 Å². The molecule has 0 spiro atoms. The molecule has 112 valence electrons. The third-order valence-electron chi connectivity index (χ3n) is 3.93. The molecule has 1 fully saturated rings. The Morgan fingerprint density at radius 3 is 2.86 bits per heavy atom. The molecule has 0 amide bonds. The second-order valence-corrected chi connectivity index (χ2v) is 5.27. The van der Waals surface area contributed by atoms with Crippen LogP contribution >= 0.6 is 0 Å². The van der Waals surface area contributed by atoms with Crippen molar-refractivity contribution in [2.75, 3.05) is 14.2 Å². The summed E-state index contributed by atoms with van der Waals surface area (Å²) in [5, 5.41) is 0. The molecule has 0 aromatic rings. The van der Waals surface area contributed by atoms with Gasteiger partial charge in [-0.2, -0.15) is 0 Å². The molecule has 0 radical (unpaired) electrons. The van der Waals surface area contributed by atoms with Crippen molar-refractivity contribution in [2.45, 2.75) is 31.8 Å². The fraction of sp³-hybridized carbons (Fsp3) is 0.389. The lowest BCUT2D eigenvalue weighted by atomic mass is 9.85. The first kappa shape index (κ1) is 15.5. The molecule has 21 heavy (non-hydrogen) atoms. The van der Waals surface area contributed by atoms with Crippen molar-refractivity contribution in [1.29, 1.82) is 0 Å². The molecule has 3 heteroatoms. The van der Waals surface area contributed by atoms with E-state index in [1.165, 1.54) is 5.57 Å². The summed E-state index contributed by atoms with van der Waals surface area (Å²) in [6, 6.07) is 0. The Kier molecular flexibility index (Phi) is 5.34. The van der Waals surface area contributed by atoms with E-state index in [1.807, 2.05) is 6.08 Å². The Morgan fingerprint density at radius 1 is 1.33 bits per heavy atom. The Hall–Kier alpha value is -1.87. The van der Waals surface area contributed by atoms with E-state index in [1.54, 1.807) is 32.4 Å². The van der Waals surface area contributed by atoms with Gasteiger partial charge in [0.2, 0.25) is 0 Å². The van der Waals surface area contributed by atoms with Gasteiger partial charge in [-0.15, -0.1) is 0 Å². The molecule has 1 saturated carbocycles. The van der Waals surface area contributed by atoms with Crippen molar-refractivity contribution < 1.29 is 14.3 Å². The Morgan fingerprint density at radius 2 is 2.14 bits per heavy atom. The summed E-state index contributed by atoms with van der Waals surface area (Å²) >= 11 is 0. The average Bonchev–Trinajstić information content (AvgIpc) is 2.51. The van der Waals surface area contributed by atoms with Gasteiger partial charge in [0.25, 0.3) is 0 Å². The topological polar surface area (TPSA) is 35.5 Å². The molecule has 1 unspecified atom stereocenters. The quantitative estimate of drug-likeness (QED) is 0.449. The van der Waals surface area contributed by atoms with Crippen LogP contribution in [0.15, 0.2) is 59.4 Å². The van der Waals surface area contributed by atoms with Gasteiger partial charge in [-0.25, -0.2) is 0 Å². The minimum atomic E-state index is 0.0405. The maximum atomic E-state index is 12.4. The molecule has 3 nitrogen and oxygen atoms in total. The Bertz CT molecular complexity index is 547. The standard InChI is InChI=1S/C18H22O3/c1-13(20-2)7-9-15-5-4-6-16-10-8-14(11-17(15)19)12-18(16)21-3/h5-7,9,11,18H,1,4,8,10,12H2,2-3H3/b9-7-,14-11+,15-5-,16-6+. The molecule has 3 aliphatic rings. The zero-order chi connectivity index (χ0) is 15.2. The number of methoxy groups -OCH3 is 2. The van der Waals surface area contributed by atoms with E-state index in [0.717, 1.165) is 31.3 Å². The fourth-order valence-corrected chi connectivity index (χ4v) is 2.64. The molecule has 3 aliphatic carbocycles. The maximum absolute atomic E-state index is 12.4. The highest BCUT2D eigenvalue weighted by molar-refractivity contribution is 6.06. The summed E-state index contributed by atoms with van der Waals surface area (Å²) in [7, 11) is 3.29. The summed E-state index contributed by atoms with van der Waals surface area (Å²) < 4.78 is 10.5. The van der Waals surface area contributed by atoms with Crippen LogP contribution in [0.3, 0.4) is 0 Å². The number of carbonyl (C=O) groups is 1. The zero-order valence-electron chi connectivity index (χ0n) is 12.7. The van der Waals surface area contributed by atoms with Crippen LogP contribution in [0.4, 0.5) is 0 Å². The van der Waals surface area contributed by atoms with E-state index < -0.39 is 0 Å². The van der Waals surface area contributed by atoms with Crippen molar-refractivity contribution in [2.24, 2.45) is 0 Å². The van der Waals surface area contributed by atoms with Gasteiger partial charge in [0.1, 0.15) is 5.76 Å². The molecule has 1 atom stereocenters. The number of rotatable bonds is 4. The van der Waals surface area contributed by atoms with Crippen molar-refractivity contribution in [3.8, 4) is 0 Å². The number of hydrogen-bond donors (Lipinski definition) is 0. The lowest BCUT2D eigenvalue weighted by molar-refractivity contribution is -0.111. The molecule has 0 aromatic carbocycles. The second-order valence-electron chi connectivity index (χ2n) is 5.27. The first-order chi connectivity index (χ1) is 10.1. The third kappa shape index (κ3) is 4.05. The first-order valence-electron chi connectivity index (χ1n) is 7.20. The summed E-state index contributed by atoms with van der Waals surface area (Å²) in [4.78, 5) is 12.4. The molecule has 3 rings (SSSR count). The summed E-state index contributed by atoms with van der Waals surface area (Å²) in [5.41, 5.74) is 3.18. The minimum absolute atomic E-state index is 0.0405. The van der Waals surface area contributed by atoms with Gasteiger partial charge in [-0.1, -0.05) is 24.3 Å². The fourth-order valence-electron chi connectivity index (χ4n) is 2.64. The van der Waals surface area contributed by atoms with Crippen molar-refractivity contribution in [1.82, 2.24) is 0 Å². The van der Waals surface area contributed by atoms with Crippen molar-refractivity contribution >= 4 is 5.78 Å². The molecule has 0 saturated heterocycles. The molecule has 2 bridgehead atoms. The number of hydrogen-bond acceptors (Lipinski definition) is 3. The second kappa shape index (κ2) is 7.23. The smallest absolute Gasteiger partial charge is 0.185 e. The summed E-state index contributed by atoms with van der Waals surface area (Å²) in [5.74, 6) is 0.575. The van der Waals surface area contributed by atoms with Crippen molar-refractivity contribution in [3.63, 3.8) is 0 Å². The lowest BCUT2D eigenvalue weighted by Gasteiger charge is -2.27. The highest BCUT2D eigenvalue weighted by Crippen LogP contribution is 2.31. The predicted molar refractivity (Wildman–Crippen MR) is 83.8 cm³/mol. The minimum Gasteiger partial charge on any atom is -0.497 e. The van der Waals surface area contributed by atoms with Gasteiger partial charge in [-0.3, -0.25) is 4.79 Å². The predicted octanol–water partition coefficient (Wildman–Crippen LogP) is 3.65. The average molecular weight is 286 g/mol. The van der Waals surface area contributed by atoms with Crippen molar-refractivity contribution in [3.05, 3.63) is 59.4 Å². The maximum Gasteiger partial charge on any atom is 0.185 e.